The maximum Gasteiger partial charge on any atom is 0.308 e. The Balaban J connectivity index is 0.000000980. The molecule has 2 fully saturated rings. The highest BCUT2D eigenvalue weighted by Crippen LogP contribution is 2.38. The second kappa shape index (κ2) is 4.99. The molecule has 82 valence electrons. The Morgan fingerprint density at radius 1 is 1.36 bits per heavy atom. The fourth-order valence-electron chi connectivity index (χ4n) is 2.62. The van der Waals surface area contributed by atoms with Crippen LogP contribution in [0.5, 0.6) is 0 Å². The van der Waals surface area contributed by atoms with E-state index < -0.39 is 0 Å². The summed E-state index contributed by atoms with van der Waals surface area (Å²) in [5.41, 5.74) is 0. The summed E-state index contributed by atoms with van der Waals surface area (Å²) in [5, 5.41) is 3.36. The van der Waals surface area contributed by atoms with Crippen LogP contribution < -0.4 is 5.32 Å². The molecular formula is C10H18ClNO2. The van der Waals surface area contributed by atoms with E-state index in [1.54, 1.807) is 0 Å². The molecule has 0 spiro atoms. The molecule has 0 aromatic rings. The average Bonchev–Trinajstić information content (AvgIpc) is 2.61. The van der Waals surface area contributed by atoms with Gasteiger partial charge in [0.25, 0.3) is 0 Å². The third-order valence-corrected chi connectivity index (χ3v) is 3.27. The number of esters is 1. The van der Waals surface area contributed by atoms with Gasteiger partial charge in [0.15, 0.2) is 0 Å². The molecule has 2 aliphatic rings. The van der Waals surface area contributed by atoms with Gasteiger partial charge in [-0.1, -0.05) is 0 Å². The highest BCUT2D eigenvalue weighted by atomic mass is 35.5. The summed E-state index contributed by atoms with van der Waals surface area (Å²) in [5.74, 6) is 1.68. The van der Waals surface area contributed by atoms with Crippen LogP contribution in [0.25, 0.3) is 0 Å². The molecule has 0 radical (unpaired) electrons. The van der Waals surface area contributed by atoms with Crippen LogP contribution in [-0.2, 0) is 9.53 Å². The summed E-state index contributed by atoms with van der Waals surface area (Å²) < 4.78 is 5.03. The maximum atomic E-state index is 11.4. The fourth-order valence-corrected chi connectivity index (χ4v) is 2.62. The Morgan fingerprint density at radius 3 is 2.43 bits per heavy atom. The predicted molar refractivity (Wildman–Crippen MR) is 56.5 cm³/mol. The maximum absolute atomic E-state index is 11.4. The van der Waals surface area contributed by atoms with Crippen molar-refractivity contribution in [1.29, 1.82) is 0 Å². The summed E-state index contributed by atoms with van der Waals surface area (Å²) in [6.07, 6.45) is 2.08. The molecule has 3 nitrogen and oxygen atoms in total. The van der Waals surface area contributed by atoms with Crippen molar-refractivity contribution in [3.05, 3.63) is 0 Å². The minimum atomic E-state index is 0. The first-order valence-electron chi connectivity index (χ1n) is 5.18. The van der Waals surface area contributed by atoms with E-state index in [2.05, 4.69) is 5.32 Å². The molecule has 0 aromatic carbocycles. The van der Waals surface area contributed by atoms with Crippen LogP contribution in [0.1, 0.15) is 19.8 Å². The smallest absolute Gasteiger partial charge is 0.308 e. The van der Waals surface area contributed by atoms with Gasteiger partial charge in [0, 0.05) is 0 Å². The molecule has 0 aromatic heterocycles. The van der Waals surface area contributed by atoms with E-state index in [9.17, 15) is 4.79 Å². The Hall–Kier alpha value is -0.280. The highest BCUT2D eigenvalue weighted by molar-refractivity contribution is 5.85. The molecule has 1 aliphatic carbocycles. The molecule has 0 amide bonds. The van der Waals surface area contributed by atoms with Crippen molar-refractivity contribution < 1.29 is 9.53 Å². The second-order valence-corrected chi connectivity index (χ2v) is 4.10. The van der Waals surface area contributed by atoms with Crippen molar-refractivity contribution in [3.8, 4) is 0 Å². The quantitative estimate of drug-likeness (QED) is 0.710. The number of rotatable bonds is 2. The zero-order valence-corrected chi connectivity index (χ0v) is 9.31. The molecule has 1 heterocycles. The van der Waals surface area contributed by atoms with Gasteiger partial charge in [0.1, 0.15) is 0 Å². The summed E-state index contributed by atoms with van der Waals surface area (Å²) >= 11 is 0. The van der Waals surface area contributed by atoms with Gasteiger partial charge in [-0.15, -0.1) is 12.4 Å². The number of hydrogen-bond donors (Lipinski definition) is 1. The number of hydrogen-bond acceptors (Lipinski definition) is 3. The number of ether oxygens (including phenoxy) is 1. The first kappa shape index (κ1) is 11.8. The van der Waals surface area contributed by atoms with Crippen molar-refractivity contribution in [3.63, 3.8) is 0 Å². The molecule has 2 rings (SSSR count). The van der Waals surface area contributed by atoms with Crippen molar-refractivity contribution in [2.75, 3.05) is 19.7 Å². The highest BCUT2D eigenvalue weighted by Gasteiger charge is 2.40. The summed E-state index contributed by atoms with van der Waals surface area (Å²) in [6, 6.07) is 0. The molecule has 1 saturated carbocycles. The molecule has 1 saturated heterocycles. The van der Waals surface area contributed by atoms with Gasteiger partial charge in [-0.2, -0.15) is 0 Å². The predicted octanol–water partition coefficient (Wildman–Crippen LogP) is 1.22. The topological polar surface area (TPSA) is 38.3 Å². The van der Waals surface area contributed by atoms with Gasteiger partial charge in [0.05, 0.1) is 12.5 Å². The largest absolute Gasteiger partial charge is 0.466 e. The lowest BCUT2D eigenvalue weighted by Crippen LogP contribution is -2.19. The lowest BCUT2D eigenvalue weighted by Gasteiger charge is -2.09. The van der Waals surface area contributed by atoms with Gasteiger partial charge in [-0.25, -0.2) is 0 Å². The lowest BCUT2D eigenvalue weighted by molar-refractivity contribution is -0.147. The molecule has 4 heteroatoms. The van der Waals surface area contributed by atoms with Crippen molar-refractivity contribution in [1.82, 2.24) is 5.32 Å². The first-order valence-corrected chi connectivity index (χ1v) is 5.18. The van der Waals surface area contributed by atoms with Crippen molar-refractivity contribution >= 4 is 18.4 Å². The number of nitrogens with one attached hydrogen (secondary N) is 1. The summed E-state index contributed by atoms with van der Waals surface area (Å²) in [6.45, 7) is 4.58. The lowest BCUT2D eigenvalue weighted by atomic mass is 10.0. The molecular weight excluding hydrogens is 202 g/mol. The molecule has 1 aliphatic heterocycles. The van der Waals surface area contributed by atoms with E-state index in [4.69, 9.17) is 4.74 Å². The van der Waals surface area contributed by atoms with E-state index in [0.29, 0.717) is 6.61 Å². The molecule has 1 N–H and O–H groups in total. The van der Waals surface area contributed by atoms with E-state index >= 15 is 0 Å². The van der Waals surface area contributed by atoms with E-state index in [-0.39, 0.29) is 24.3 Å². The molecule has 2 unspecified atom stereocenters. The van der Waals surface area contributed by atoms with Crippen LogP contribution in [0.15, 0.2) is 0 Å². The van der Waals surface area contributed by atoms with Crippen LogP contribution in [-0.4, -0.2) is 25.7 Å². The zero-order chi connectivity index (χ0) is 9.26. The third-order valence-electron chi connectivity index (χ3n) is 3.27. The normalized spacial score (nSPS) is 34.8. The minimum Gasteiger partial charge on any atom is -0.466 e. The molecule has 14 heavy (non-hydrogen) atoms. The third kappa shape index (κ3) is 2.20. The second-order valence-electron chi connectivity index (χ2n) is 4.10. The van der Waals surface area contributed by atoms with Crippen molar-refractivity contribution in [2.45, 2.75) is 19.8 Å². The average molecular weight is 220 g/mol. The van der Waals surface area contributed by atoms with Crippen LogP contribution in [0, 0.1) is 17.8 Å². The summed E-state index contributed by atoms with van der Waals surface area (Å²) in [7, 11) is 0. The standard InChI is InChI=1S/C10H17NO2.ClH/c1-2-13-10(12)7-3-8-5-11-6-9(8)4-7;/h7-9,11H,2-6H2,1H3;1H. The van der Waals surface area contributed by atoms with Crippen LogP contribution >= 0.6 is 12.4 Å². The molecule has 2 atom stereocenters. The number of fused-ring (bicyclic) bond motifs is 1. The van der Waals surface area contributed by atoms with Crippen LogP contribution in [0.4, 0.5) is 0 Å². The van der Waals surface area contributed by atoms with Crippen LogP contribution in [0.3, 0.4) is 0 Å². The van der Waals surface area contributed by atoms with E-state index in [0.717, 1.165) is 37.8 Å². The van der Waals surface area contributed by atoms with Crippen LogP contribution in [0.2, 0.25) is 0 Å². The zero-order valence-electron chi connectivity index (χ0n) is 8.49. The van der Waals surface area contributed by atoms with Gasteiger partial charge in [0.2, 0.25) is 0 Å². The van der Waals surface area contributed by atoms with Gasteiger partial charge < -0.3 is 10.1 Å². The Morgan fingerprint density at radius 2 is 1.93 bits per heavy atom. The van der Waals surface area contributed by atoms with Gasteiger partial charge >= 0.3 is 5.97 Å². The Labute approximate surface area is 91.0 Å². The van der Waals surface area contributed by atoms with E-state index in [1.807, 2.05) is 6.92 Å². The SMILES string of the molecule is CCOC(=O)C1CC2CNCC2C1.Cl. The number of halogens is 1. The molecule has 0 bridgehead atoms. The Kier molecular flexibility index (Phi) is 4.20. The Bertz CT molecular complexity index is 198. The van der Waals surface area contributed by atoms with Gasteiger partial charge in [-0.3, -0.25) is 4.79 Å². The van der Waals surface area contributed by atoms with Crippen molar-refractivity contribution in [2.24, 2.45) is 17.8 Å². The van der Waals surface area contributed by atoms with Gasteiger partial charge in [-0.05, 0) is 44.7 Å². The number of carbonyl (C=O) groups excluding carboxylic acids is 1. The first-order chi connectivity index (χ1) is 6.31. The fraction of sp³-hybridized carbons (Fsp3) is 0.900. The summed E-state index contributed by atoms with van der Waals surface area (Å²) in [4.78, 5) is 11.4. The van der Waals surface area contributed by atoms with E-state index in [1.165, 1.54) is 0 Å². The number of carbonyl (C=O) groups is 1. The minimum absolute atomic E-state index is 0. The monoisotopic (exact) mass is 219 g/mol.